The van der Waals surface area contributed by atoms with Crippen LogP contribution >= 0.6 is 0 Å². The van der Waals surface area contributed by atoms with Gasteiger partial charge in [-0.05, 0) is 0 Å². The van der Waals surface area contributed by atoms with E-state index in [1.165, 1.54) is 6.21 Å². The third-order valence-corrected chi connectivity index (χ3v) is 0.795. The fourth-order valence-corrected chi connectivity index (χ4v) is 0.384. The normalized spacial score (nSPS) is 10.2. The Morgan fingerprint density at radius 2 is 2.50 bits per heavy atom. The predicted octanol–water partition coefficient (Wildman–Crippen LogP) is -0.387. The van der Waals surface area contributed by atoms with Crippen LogP contribution < -0.4 is 0 Å². The Morgan fingerprint density at radius 1 is 1.80 bits per heavy atom. The third kappa shape index (κ3) is 5.24. The van der Waals surface area contributed by atoms with Gasteiger partial charge < -0.3 is 14.8 Å². The molecule has 0 aliphatic carbocycles. The van der Waals surface area contributed by atoms with Crippen molar-refractivity contribution in [3.05, 3.63) is 0 Å². The maximum atomic E-state index is 10.5. The Morgan fingerprint density at radius 3 is 3.00 bits per heavy atom. The lowest BCUT2D eigenvalue weighted by Crippen LogP contribution is -2.08. The molecule has 10 heavy (non-hydrogen) atoms. The van der Waals surface area contributed by atoms with Crippen molar-refractivity contribution < 1.29 is 14.6 Å². The fraction of sp³-hybridized carbons (Fsp3) is 0.667. The summed E-state index contributed by atoms with van der Waals surface area (Å²) in [6.45, 7) is -0.0641. The highest BCUT2D eigenvalue weighted by Crippen LogP contribution is 1.81. The quantitative estimate of drug-likeness (QED) is 0.433. The van der Waals surface area contributed by atoms with Crippen molar-refractivity contribution in [2.24, 2.45) is 4.99 Å². The van der Waals surface area contributed by atoms with E-state index >= 15 is 0 Å². The highest BCUT2D eigenvalue weighted by Gasteiger charge is 1.96. The molecule has 0 aromatic rings. The number of rotatable bonds is 4. The molecule has 58 valence electrons. The maximum Gasteiger partial charge on any atom is 0.311 e. The largest absolute Gasteiger partial charge is 0.463 e. The molecular weight excluding hydrogens is 134 g/mol. The zero-order chi connectivity index (χ0) is 7.82. The monoisotopic (exact) mass is 145 g/mol. The first-order valence-corrected chi connectivity index (χ1v) is 2.98. The molecule has 0 aromatic carbocycles. The average Bonchev–Trinajstić information content (AvgIpc) is 1.97. The number of hydrogen-bond acceptors (Lipinski definition) is 4. The molecular formula is C6H11NO3. The molecule has 0 spiro atoms. The van der Waals surface area contributed by atoms with Gasteiger partial charge in [0.2, 0.25) is 0 Å². The topological polar surface area (TPSA) is 58.9 Å². The second-order valence-electron chi connectivity index (χ2n) is 1.59. The van der Waals surface area contributed by atoms with Crippen molar-refractivity contribution >= 4 is 12.2 Å². The molecule has 0 unspecified atom stereocenters. The van der Waals surface area contributed by atoms with Gasteiger partial charge in [0.1, 0.15) is 6.61 Å². The van der Waals surface area contributed by atoms with Crippen LogP contribution in [0.2, 0.25) is 0 Å². The zero-order valence-electron chi connectivity index (χ0n) is 5.91. The minimum Gasteiger partial charge on any atom is -0.463 e. The molecule has 1 N–H and O–H groups in total. The summed E-state index contributed by atoms with van der Waals surface area (Å²) in [6.07, 6.45) is 1.64. The van der Waals surface area contributed by atoms with Crippen LogP contribution in [0.4, 0.5) is 0 Å². The summed E-state index contributed by atoms with van der Waals surface area (Å²) in [7, 11) is 1.58. The summed E-state index contributed by atoms with van der Waals surface area (Å²) in [5, 5.41) is 8.23. The van der Waals surface area contributed by atoms with E-state index in [0.29, 0.717) is 0 Å². The molecule has 0 aromatic heterocycles. The summed E-state index contributed by atoms with van der Waals surface area (Å²) in [5.74, 6) is -0.361. The van der Waals surface area contributed by atoms with E-state index in [9.17, 15) is 4.79 Å². The molecule has 0 saturated carbocycles. The van der Waals surface area contributed by atoms with Crippen LogP contribution in [-0.2, 0) is 9.53 Å². The first-order chi connectivity index (χ1) is 4.81. The Balaban J connectivity index is 3.25. The van der Waals surface area contributed by atoms with Gasteiger partial charge in [-0.15, -0.1) is 0 Å². The first-order valence-electron chi connectivity index (χ1n) is 2.98. The first kappa shape index (κ1) is 9.10. The van der Waals surface area contributed by atoms with Gasteiger partial charge in [0.25, 0.3) is 0 Å². The number of aliphatic hydroxyl groups excluding tert-OH is 1. The van der Waals surface area contributed by atoms with Crippen LogP contribution in [0.3, 0.4) is 0 Å². The lowest BCUT2D eigenvalue weighted by molar-refractivity contribution is -0.143. The SMILES string of the molecule is C/N=C/CC(=O)OCCO. The van der Waals surface area contributed by atoms with E-state index in [1.807, 2.05) is 0 Å². The number of nitrogens with zero attached hydrogens (tertiary/aromatic N) is 1. The summed E-state index contributed by atoms with van der Waals surface area (Å²) in [4.78, 5) is 14.1. The lowest BCUT2D eigenvalue weighted by atomic mass is 10.5. The van der Waals surface area contributed by atoms with Gasteiger partial charge in [-0.25, -0.2) is 0 Å². The lowest BCUT2D eigenvalue weighted by Gasteiger charge is -1.97. The molecule has 0 heterocycles. The summed E-state index contributed by atoms with van der Waals surface area (Å²) in [6, 6.07) is 0. The number of ether oxygens (including phenoxy) is 1. The molecule has 0 fully saturated rings. The highest BCUT2D eigenvalue weighted by molar-refractivity contribution is 5.85. The number of esters is 1. The molecule has 0 rings (SSSR count). The Hall–Kier alpha value is -0.900. The van der Waals surface area contributed by atoms with Crippen LogP contribution in [0.15, 0.2) is 4.99 Å². The molecule has 0 amide bonds. The van der Waals surface area contributed by atoms with E-state index in [4.69, 9.17) is 5.11 Å². The molecule has 0 radical (unpaired) electrons. The highest BCUT2D eigenvalue weighted by atomic mass is 16.5. The molecule has 0 aliphatic heterocycles. The predicted molar refractivity (Wildman–Crippen MR) is 37.1 cm³/mol. The molecule has 0 atom stereocenters. The van der Waals surface area contributed by atoms with Gasteiger partial charge in [-0.1, -0.05) is 0 Å². The Kier molecular flexibility index (Phi) is 5.66. The minimum absolute atomic E-state index is 0.0659. The van der Waals surface area contributed by atoms with E-state index in [1.54, 1.807) is 7.05 Å². The van der Waals surface area contributed by atoms with Crippen molar-refractivity contribution in [1.82, 2.24) is 0 Å². The summed E-state index contributed by atoms with van der Waals surface area (Å²) >= 11 is 0. The van der Waals surface area contributed by atoms with E-state index in [-0.39, 0.29) is 25.6 Å². The number of carbonyl (C=O) groups is 1. The van der Waals surface area contributed by atoms with E-state index < -0.39 is 0 Å². The number of carbonyl (C=O) groups excluding carboxylic acids is 1. The number of aliphatic hydroxyl groups is 1. The van der Waals surface area contributed by atoms with Gasteiger partial charge in [0, 0.05) is 13.3 Å². The van der Waals surface area contributed by atoms with Crippen molar-refractivity contribution in [2.75, 3.05) is 20.3 Å². The van der Waals surface area contributed by atoms with Crippen molar-refractivity contribution in [1.29, 1.82) is 0 Å². The molecule has 0 saturated heterocycles. The maximum absolute atomic E-state index is 10.5. The van der Waals surface area contributed by atoms with Gasteiger partial charge in [-0.2, -0.15) is 0 Å². The minimum atomic E-state index is -0.361. The van der Waals surface area contributed by atoms with Gasteiger partial charge in [0.05, 0.1) is 13.0 Å². The smallest absolute Gasteiger partial charge is 0.311 e. The van der Waals surface area contributed by atoms with Gasteiger partial charge in [0.15, 0.2) is 0 Å². The second kappa shape index (κ2) is 6.22. The van der Waals surface area contributed by atoms with Gasteiger partial charge >= 0.3 is 5.97 Å². The van der Waals surface area contributed by atoms with Crippen molar-refractivity contribution in [2.45, 2.75) is 6.42 Å². The van der Waals surface area contributed by atoms with Crippen LogP contribution in [0.25, 0.3) is 0 Å². The second-order valence-corrected chi connectivity index (χ2v) is 1.59. The molecule has 4 heteroatoms. The van der Waals surface area contributed by atoms with E-state index in [0.717, 1.165) is 0 Å². The molecule has 4 nitrogen and oxygen atoms in total. The molecule has 0 bridgehead atoms. The standard InChI is InChI=1S/C6H11NO3/c1-7-3-2-6(9)10-5-4-8/h3,8H,2,4-5H2,1H3/b7-3+. The number of aliphatic imine (C=N–C) groups is 1. The van der Waals surface area contributed by atoms with Crippen LogP contribution in [0, 0.1) is 0 Å². The summed E-state index contributed by atoms with van der Waals surface area (Å²) < 4.78 is 4.51. The fourth-order valence-electron chi connectivity index (χ4n) is 0.384. The van der Waals surface area contributed by atoms with Crippen LogP contribution in [0.1, 0.15) is 6.42 Å². The third-order valence-electron chi connectivity index (χ3n) is 0.795. The van der Waals surface area contributed by atoms with Crippen molar-refractivity contribution in [3.63, 3.8) is 0 Å². The average molecular weight is 145 g/mol. The van der Waals surface area contributed by atoms with Gasteiger partial charge in [-0.3, -0.25) is 4.79 Å². The van der Waals surface area contributed by atoms with E-state index in [2.05, 4.69) is 9.73 Å². The van der Waals surface area contributed by atoms with Crippen LogP contribution in [-0.4, -0.2) is 37.6 Å². The van der Waals surface area contributed by atoms with Crippen molar-refractivity contribution in [3.8, 4) is 0 Å². The molecule has 0 aliphatic rings. The summed E-state index contributed by atoms with van der Waals surface area (Å²) in [5.41, 5.74) is 0. The number of hydrogen-bond donors (Lipinski definition) is 1. The zero-order valence-corrected chi connectivity index (χ0v) is 5.91. The van der Waals surface area contributed by atoms with Crippen LogP contribution in [0.5, 0.6) is 0 Å². The Labute approximate surface area is 59.5 Å². The Bertz CT molecular complexity index is 122.